The third kappa shape index (κ3) is 3.52. The summed E-state index contributed by atoms with van der Waals surface area (Å²) in [5.41, 5.74) is 2.79. The van der Waals surface area contributed by atoms with Crippen LogP contribution >= 0.6 is 0 Å². The number of aromatic amines is 1. The van der Waals surface area contributed by atoms with Crippen molar-refractivity contribution in [3.05, 3.63) is 74.1 Å². The molecule has 3 rings (SSSR count). The van der Waals surface area contributed by atoms with Crippen LogP contribution in [0, 0.1) is 20.8 Å². The standard InChI is InChI=1S/C19H19F3N2O2/c1-10-11(2)23-12(3)16(18(10)25)8-15-9-17(26-24-15)13-4-6-14(7-5-13)19(20,21)22/h4,6-7,9,13H,5,8H2,1-3H3,(H,23,25). The van der Waals surface area contributed by atoms with E-state index >= 15 is 0 Å². The molecule has 0 spiro atoms. The van der Waals surface area contributed by atoms with Crippen LogP contribution in [0.1, 0.15) is 46.3 Å². The zero-order valence-electron chi connectivity index (χ0n) is 14.7. The van der Waals surface area contributed by atoms with Gasteiger partial charge < -0.3 is 9.51 Å². The Morgan fingerprint density at radius 3 is 2.62 bits per heavy atom. The third-order valence-electron chi connectivity index (χ3n) is 4.73. The zero-order chi connectivity index (χ0) is 19.1. The van der Waals surface area contributed by atoms with Crippen molar-refractivity contribution in [1.82, 2.24) is 10.1 Å². The van der Waals surface area contributed by atoms with Crippen LogP contribution in [0.2, 0.25) is 0 Å². The first kappa shape index (κ1) is 18.2. The van der Waals surface area contributed by atoms with Gasteiger partial charge in [0.05, 0.1) is 11.3 Å². The highest BCUT2D eigenvalue weighted by molar-refractivity contribution is 5.34. The number of aryl methyl sites for hydroxylation is 2. The average Bonchev–Trinajstić information content (AvgIpc) is 3.05. The molecule has 4 nitrogen and oxygen atoms in total. The molecule has 1 atom stereocenters. The largest absolute Gasteiger partial charge is 0.416 e. The zero-order valence-corrected chi connectivity index (χ0v) is 14.7. The highest BCUT2D eigenvalue weighted by Crippen LogP contribution is 2.34. The summed E-state index contributed by atoms with van der Waals surface area (Å²) in [6, 6.07) is 1.70. The summed E-state index contributed by atoms with van der Waals surface area (Å²) in [6.07, 6.45) is -0.133. The minimum atomic E-state index is -4.34. The topological polar surface area (TPSA) is 58.9 Å². The van der Waals surface area contributed by atoms with Gasteiger partial charge in [0, 0.05) is 40.9 Å². The summed E-state index contributed by atoms with van der Waals surface area (Å²) in [7, 11) is 0. The second-order valence-corrected chi connectivity index (χ2v) is 6.56. The molecule has 0 saturated heterocycles. The summed E-state index contributed by atoms with van der Waals surface area (Å²) in [4.78, 5) is 15.6. The number of rotatable bonds is 3. The molecule has 0 amide bonds. The van der Waals surface area contributed by atoms with Gasteiger partial charge in [-0.1, -0.05) is 23.4 Å². The highest BCUT2D eigenvalue weighted by Gasteiger charge is 2.33. The first-order valence-electron chi connectivity index (χ1n) is 8.27. The van der Waals surface area contributed by atoms with E-state index in [9.17, 15) is 18.0 Å². The van der Waals surface area contributed by atoms with Crippen LogP contribution in [-0.2, 0) is 6.42 Å². The van der Waals surface area contributed by atoms with Crippen LogP contribution in [0.3, 0.4) is 0 Å². The van der Waals surface area contributed by atoms with Gasteiger partial charge in [0.15, 0.2) is 5.43 Å². The molecular weight excluding hydrogens is 345 g/mol. The van der Waals surface area contributed by atoms with Gasteiger partial charge in [-0.15, -0.1) is 0 Å². The van der Waals surface area contributed by atoms with Crippen LogP contribution in [0.25, 0.3) is 0 Å². The minimum Gasteiger partial charge on any atom is -0.362 e. The normalized spacial score (nSPS) is 17.5. The van der Waals surface area contributed by atoms with Crippen molar-refractivity contribution in [3.8, 4) is 0 Å². The van der Waals surface area contributed by atoms with Crippen LogP contribution < -0.4 is 5.43 Å². The summed E-state index contributed by atoms with van der Waals surface area (Å²) in [5, 5.41) is 3.98. The molecule has 1 N–H and O–H groups in total. The third-order valence-corrected chi connectivity index (χ3v) is 4.73. The molecule has 7 heteroatoms. The predicted molar refractivity (Wildman–Crippen MR) is 91.2 cm³/mol. The number of hydrogen-bond donors (Lipinski definition) is 1. The Balaban J connectivity index is 1.79. The van der Waals surface area contributed by atoms with Crippen molar-refractivity contribution in [2.45, 2.75) is 45.7 Å². The van der Waals surface area contributed by atoms with Gasteiger partial charge >= 0.3 is 6.18 Å². The maximum atomic E-state index is 12.7. The van der Waals surface area contributed by atoms with Gasteiger partial charge in [0.25, 0.3) is 0 Å². The van der Waals surface area contributed by atoms with Crippen molar-refractivity contribution in [3.63, 3.8) is 0 Å². The lowest BCUT2D eigenvalue weighted by Crippen LogP contribution is -2.17. The number of allylic oxidation sites excluding steroid dienone is 4. The fourth-order valence-corrected chi connectivity index (χ4v) is 3.04. The van der Waals surface area contributed by atoms with E-state index in [-0.39, 0.29) is 17.8 Å². The van der Waals surface area contributed by atoms with E-state index in [2.05, 4.69) is 10.1 Å². The van der Waals surface area contributed by atoms with Gasteiger partial charge in [-0.25, -0.2) is 0 Å². The van der Waals surface area contributed by atoms with E-state index in [1.54, 1.807) is 13.0 Å². The monoisotopic (exact) mass is 364 g/mol. The van der Waals surface area contributed by atoms with E-state index in [0.717, 1.165) is 23.5 Å². The Labute approximate surface area is 148 Å². The summed E-state index contributed by atoms with van der Waals surface area (Å²) in [5.74, 6) is 0.202. The molecule has 2 aromatic rings. The fraction of sp³-hybridized carbons (Fsp3) is 0.368. The van der Waals surface area contributed by atoms with Crippen molar-refractivity contribution in [2.24, 2.45) is 0 Å². The molecule has 1 unspecified atom stereocenters. The van der Waals surface area contributed by atoms with Gasteiger partial charge in [-0.05, 0) is 27.2 Å². The second-order valence-electron chi connectivity index (χ2n) is 6.56. The molecule has 0 radical (unpaired) electrons. The van der Waals surface area contributed by atoms with Crippen LogP contribution in [0.5, 0.6) is 0 Å². The molecule has 1 aliphatic carbocycles. The molecular formula is C19H19F3N2O2. The molecule has 0 fully saturated rings. The lowest BCUT2D eigenvalue weighted by atomic mass is 9.94. The van der Waals surface area contributed by atoms with Gasteiger partial charge in [0.1, 0.15) is 5.76 Å². The lowest BCUT2D eigenvalue weighted by Gasteiger charge is -2.15. The predicted octanol–water partition coefficient (Wildman–Crippen LogP) is 4.41. The molecule has 0 saturated carbocycles. The molecule has 2 aromatic heterocycles. The van der Waals surface area contributed by atoms with Crippen LogP contribution in [0.4, 0.5) is 13.2 Å². The molecule has 138 valence electrons. The number of H-pyrrole nitrogens is 1. The SMILES string of the molecule is Cc1[nH]c(C)c(Cc2cc(C3C=CC(C(F)(F)F)=CC3)on2)c(=O)c1C. The number of hydrogen-bond acceptors (Lipinski definition) is 3. The van der Waals surface area contributed by atoms with Gasteiger partial charge in [0.2, 0.25) is 0 Å². The Morgan fingerprint density at radius 2 is 2.00 bits per heavy atom. The van der Waals surface area contributed by atoms with Crippen LogP contribution in [0.15, 0.2) is 39.2 Å². The molecule has 0 aromatic carbocycles. The maximum absolute atomic E-state index is 12.7. The molecule has 0 aliphatic heterocycles. The fourth-order valence-electron chi connectivity index (χ4n) is 3.04. The van der Waals surface area contributed by atoms with Crippen molar-refractivity contribution >= 4 is 0 Å². The number of nitrogens with one attached hydrogen (secondary N) is 1. The lowest BCUT2D eigenvalue weighted by molar-refractivity contribution is -0.0886. The smallest absolute Gasteiger partial charge is 0.362 e. The van der Waals surface area contributed by atoms with E-state index in [1.807, 2.05) is 13.8 Å². The average molecular weight is 364 g/mol. The van der Waals surface area contributed by atoms with E-state index < -0.39 is 11.7 Å². The number of aromatic nitrogens is 2. The quantitative estimate of drug-likeness (QED) is 0.878. The number of alkyl halides is 3. The summed E-state index contributed by atoms with van der Waals surface area (Å²) < 4.78 is 43.3. The Kier molecular flexibility index (Phi) is 4.64. The van der Waals surface area contributed by atoms with Crippen molar-refractivity contribution in [2.75, 3.05) is 0 Å². The van der Waals surface area contributed by atoms with Gasteiger partial charge in [-0.2, -0.15) is 13.2 Å². The van der Waals surface area contributed by atoms with E-state index in [0.29, 0.717) is 29.0 Å². The number of pyridine rings is 1. The first-order valence-corrected chi connectivity index (χ1v) is 8.27. The molecule has 26 heavy (non-hydrogen) atoms. The van der Waals surface area contributed by atoms with E-state index in [1.165, 1.54) is 6.08 Å². The van der Waals surface area contributed by atoms with E-state index in [4.69, 9.17) is 4.52 Å². The second kappa shape index (κ2) is 6.63. The molecule has 2 heterocycles. The summed E-state index contributed by atoms with van der Waals surface area (Å²) >= 11 is 0. The Bertz CT molecular complexity index is 949. The Morgan fingerprint density at radius 1 is 1.27 bits per heavy atom. The van der Waals surface area contributed by atoms with Crippen molar-refractivity contribution < 1.29 is 17.7 Å². The van der Waals surface area contributed by atoms with Crippen LogP contribution in [-0.4, -0.2) is 16.3 Å². The van der Waals surface area contributed by atoms with Gasteiger partial charge in [-0.3, -0.25) is 4.79 Å². The number of halogens is 3. The molecule has 1 aliphatic rings. The summed E-state index contributed by atoms with van der Waals surface area (Å²) in [6.45, 7) is 5.44. The Hall–Kier alpha value is -2.57. The minimum absolute atomic E-state index is 0.0291. The number of nitrogens with zero attached hydrogens (tertiary/aromatic N) is 1. The first-order chi connectivity index (χ1) is 12.2. The molecule has 0 bridgehead atoms. The maximum Gasteiger partial charge on any atom is 0.416 e. The van der Waals surface area contributed by atoms with Crippen molar-refractivity contribution in [1.29, 1.82) is 0 Å². The highest BCUT2D eigenvalue weighted by atomic mass is 19.4.